The molecule has 4 fully saturated rings. The first-order valence-corrected chi connectivity index (χ1v) is 19.6. The zero-order valence-corrected chi connectivity index (χ0v) is 32.1. The number of carbonyl (C=O) groups is 1. The molecule has 0 saturated heterocycles. The van der Waals surface area contributed by atoms with Crippen molar-refractivity contribution in [1.29, 1.82) is 0 Å². The van der Waals surface area contributed by atoms with E-state index in [2.05, 4.69) is 109 Å². The maximum atomic E-state index is 14.1. The van der Waals surface area contributed by atoms with Crippen molar-refractivity contribution in [1.82, 2.24) is 10.2 Å². The number of carbonyl (C=O) groups excluding carboxylic acids is 1. The van der Waals surface area contributed by atoms with Gasteiger partial charge in [-0.2, -0.15) is 0 Å². The third kappa shape index (κ3) is 6.23. The molecule has 3 heteroatoms. The van der Waals surface area contributed by atoms with Crippen LogP contribution in [0.25, 0.3) is 5.57 Å². The number of allylic oxidation sites excluding steroid dienone is 3. The fourth-order valence-electron chi connectivity index (χ4n) is 13.0. The molecule has 6 rings (SSSR count). The van der Waals surface area contributed by atoms with E-state index in [0.717, 1.165) is 49.6 Å². The highest BCUT2D eigenvalue weighted by Crippen LogP contribution is 2.73. The SMILES string of the molecule is C=CC.Cc1ccc(C2=CCC3(C)C(CCC4(C)C5CCC6(C(=O)NCCN(C(C)C)C(C)C)CCCC6C5CCC43)C2(C)C)cc1. The van der Waals surface area contributed by atoms with E-state index >= 15 is 0 Å². The van der Waals surface area contributed by atoms with Crippen LogP contribution < -0.4 is 5.32 Å². The Hall–Kier alpha value is -1.87. The van der Waals surface area contributed by atoms with E-state index in [1.54, 1.807) is 11.6 Å². The summed E-state index contributed by atoms with van der Waals surface area (Å²) in [6.45, 7) is 28.8. The van der Waals surface area contributed by atoms with E-state index in [1.807, 2.05) is 6.92 Å². The third-order valence-corrected chi connectivity index (χ3v) is 14.9. The zero-order valence-electron chi connectivity index (χ0n) is 32.1. The van der Waals surface area contributed by atoms with E-state index in [9.17, 15) is 4.79 Å². The van der Waals surface area contributed by atoms with E-state index in [0.29, 0.717) is 34.7 Å². The molecule has 0 aliphatic heterocycles. The second-order valence-corrected chi connectivity index (χ2v) is 18.2. The van der Waals surface area contributed by atoms with Gasteiger partial charge in [-0.3, -0.25) is 9.69 Å². The Bertz CT molecular complexity index is 1280. The standard InChI is InChI=1S/C41H64N2O.C3H6/c1-27(2)43(28(3)4)26-25-42-37(44)41-21-10-11-34(41)31-16-17-36-39(8,33(31)19-24-41)23-20-35-38(6,7)32(18-22-40(35,36)9)30-14-12-29(5)13-15-30;1-3-2/h12-15,18,27-28,31,33-36H,10-11,16-17,19-26H2,1-9H3,(H,42,44);3H,1H2,2H3. The number of nitrogens with one attached hydrogen (secondary N) is 1. The Morgan fingerprint density at radius 1 is 0.894 bits per heavy atom. The Balaban J connectivity index is 0.00000139. The third-order valence-electron chi connectivity index (χ3n) is 14.9. The van der Waals surface area contributed by atoms with Crippen LogP contribution in [0, 0.1) is 58.2 Å². The largest absolute Gasteiger partial charge is 0.354 e. The molecule has 4 saturated carbocycles. The van der Waals surface area contributed by atoms with Gasteiger partial charge in [0.25, 0.3) is 0 Å². The minimum atomic E-state index is -0.107. The highest BCUT2D eigenvalue weighted by molar-refractivity contribution is 5.83. The molecular weight excluding hydrogens is 572 g/mol. The van der Waals surface area contributed by atoms with Crippen LogP contribution in [0.3, 0.4) is 0 Å². The second-order valence-electron chi connectivity index (χ2n) is 18.2. The van der Waals surface area contributed by atoms with Gasteiger partial charge >= 0.3 is 0 Å². The van der Waals surface area contributed by atoms with Gasteiger partial charge < -0.3 is 5.32 Å². The Morgan fingerprint density at radius 2 is 1.55 bits per heavy atom. The van der Waals surface area contributed by atoms with E-state index in [4.69, 9.17) is 0 Å². The molecule has 0 radical (unpaired) electrons. The molecule has 5 aliphatic carbocycles. The molecule has 8 unspecified atom stereocenters. The van der Waals surface area contributed by atoms with Gasteiger partial charge in [0.15, 0.2) is 0 Å². The summed E-state index contributed by atoms with van der Waals surface area (Å²) in [6.07, 6.45) is 17.1. The summed E-state index contributed by atoms with van der Waals surface area (Å²) < 4.78 is 0. The van der Waals surface area contributed by atoms with Crippen LogP contribution in [-0.2, 0) is 4.79 Å². The average Bonchev–Trinajstić information content (AvgIpc) is 3.45. The first-order valence-electron chi connectivity index (χ1n) is 19.6. The summed E-state index contributed by atoms with van der Waals surface area (Å²) >= 11 is 0. The molecule has 0 aromatic heterocycles. The van der Waals surface area contributed by atoms with Crippen LogP contribution in [0.15, 0.2) is 43.0 Å². The van der Waals surface area contributed by atoms with Crippen LogP contribution in [-0.4, -0.2) is 36.0 Å². The number of nitrogens with zero attached hydrogens (tertiary/aromatic N) is 1. The highest BCUT2D eigenvalue weighted by atomic mass is 16.2. The summed E-state index contributed by atoms with van der Waals surface area (Å²) in [4.78, 5) is 16.6. The van der Waals surface area contributed by atoms with Crippen molar-refractivity contribution in [2.45, 2.75) is 146 Å². The number of fused-ring (bicyclic) bond motifs is 7. The first-order chi connectivity index (χ1) is 22.2. The molecule has 1 aromatic carbocycles. The van der Waals surface area contributed by atoms with E-state index in [1.165, 1.54) is 62.5 Å². The minimum absolute atomic E-state index is 0.107. The Kier molecular flexibility index (Phi) is 10.7. The normalized spacial score (nSPS) is 37.1. The Labute approximate surface area is 289 Å². The molecule has 1 aromatic rings. The van der Waals surface area contributed by atoms with Crippen molar-refractivity contribution in [3.8, 4) is 0 Å². The number of hydrogen-bond acceptors (Lipinski definition) is 2. The minimum Gasteiger partial charge on any atom is -0.354 e. The van der Waals surface area contributed by atoms with Crippen LogP contribution in [0.2, 0.25) is 0 Å². The van der Waals surface area contributed by atoms with Gasteiger partial charge in [0.2, 0.25) is 5.91 Å². The predicted molar refractivity (Wildman–Crippen MR) is 201 cm³/mol. The van der Waals surface area contributed by atoms with Crippen LogP contribution >= 0.6 is 0 Å². The average molecular weight is 643 g/mol. The van der Waals surface area contributed by atoms with Crippen molar-refractivity contribution >= 4 is 11.5 Å². The number of rotatable bonds is 7. The molecule has 262 valence electrons. The lowest BCUT2D eigenvalue weighted by molar-refractivity contribution is -0.181. The molecule has 47 heavy (non-hydrogen) atoms. The molecule has 1 N–H and O–H groups in total. The van der Waals surface area contributed by atoms with Crippen molar-refractivity contribution in [2.24, 2.45) is 51.2 Å². The number of aryl methyl sites for hydroxylation is 1. The van der Waals surface area contributed by atoms with Gasteiger partial charge in [0, 0.05) is 25.2 Å². The quantitative estimate of drug-likeness (QED) is 0.300. The van der Waals surface area contributed by atoms with Crippen LogP contribution in [0.4, 0.5) is 0 Å². The van der Waals surface area contributed by atoms with Gasteiger partial charge in [-0.15, -0.1) is 6.58 Å². The number of benzene rings is 1. The fraction of sp³-hybridized carbons (Fsp3) is 0.750. The molecule has 0 heterocycles. The van der Waals surface area contributed by atoms with Gasteiger partial charge in [0.05, 0.1) is 5.41 Å². The maximum absolute atomic E-state index is 14.1. The van der Waals surface area contributed by atoms with Gasteiger partial charge in [-0.1, -0.05) is 76.1 Å². The summed E-state index contributed by atoms with van der Waals surface area (Å²) in [7, 11) is 0. The molecule has 3 nitrogen and oxygen atoms in total. The lowest BCUT2D eigenvalue weighted by Crippen LogP contribution is -2.62. The van der Waals surface area contributed by atoms with Crippen molar-refractivity contribution in [3.05, 3.63) is 54.1 Å². The molecular formula is C44H70N2O. The smallest absolute Gasteiger partial charge is 0.226 e. The number of hydrogen-bond donors (Lipinski definition) is 1. The van der Waals surface area contributed by atoms with Crippen molar-refractivity contribution in [3.63, 3.8) is 0 Å². The lowest BCUT2D eigenvalue weighted by Gasteiger charge is -2.68. The van der Waals surface area contributed by atoms with Crippen LogP contribution in [0.1, 0.15) is 138 Å². The summed E-state index contributed by atoms with van der Waals surface area (Å²) in [5, 5.41) is 3.50. The molecule has 0 spiro atoms. The fourth-order valence-corrected chi connectivity index (χ4v) is 13.0. The van der Waals surface area contributed by atoms with Crippen LogP contribution in [0.5, 0.6) is 0 Å². The highest BCUT2D eigenvalue weighted by Gasteiger charge is 2.66. The second kappa shape index (κ2) is 13.8. The summed E-state index contributed by atoms with van der Waals surface area (Å²) in [5.74, 6) is 4.01. The first kappa shape index (κ1) is 36.4. The molecule has 5 aliphatic rings. The lowest BCUT2D eigenvalue weighted by atomic mass is 9.36. The summed E-state index contributed by atoms with van der Waals surface area (Å²) in [5.41, 5.74) is 5.20. The maximum Gasteiger partial charge on any atom is 0.226 e. The summed E-state index contributed by atoms with van der Waals surface area (Å²) in [6, 6.07) is 10.3. The predicted octanol–water partition coefficient (Wildman–Crippen LogP) is 10.9. The van der Waals surface area contributed by atoms with Gasteiger partial charge in [-0.25, -0.2) is 0 Å². The monoisotopic (exact) mass is 643 g/mol. The van der Waals surface area contributed by atoms with E-state index in [-0.39, 0.29) is 10.8 Å². The van der Waals surface area contributed by atoms with Gasteiger partial charge in [-0.05, 0) is 156 Å². The van der Waals surface area contributed by atoms with Gasteiger partial charge in [0.1, 0.15) is 0 Å². The molecule has 8 atom stereocenters. The van der Waals surface area contributed by atoms with E-state index < -0.39 is 0 Å². The molecule has 0 bridgehead atoms. The molecule has 1 amide bonds. The zero-order chi connectivity index (χ0) is 34.4. The van der Waals surface area contributed by atoms with Crippen molar-refractivity contribution in [2.75, 3.05) is 13.1 Å². The topological polar surface area (TPSA) is 32.3 Å². The Morgan fingerprint density at radius 3 is 2.19 bits per heavy atom. The number of amides is 1. The van der Waals surface area contributed by atoms with Crippen molar-refractivity contribution < 1.29 is 4.79 Å².